The predicted molar refractivity (Wildman–Crippen MR) is 282 cm³/mol. The van der Waals surface area contributed by atoms with Gasteiger partial charge in [-0.15, -0.1) is 0 Å². The lowest BCUT2D eigenvalue weighted by atomic mass is 9.84. The largest absolute Gasteiger partial charge is 0.471 e. The van der Waals surface area contributed by atoms with Gasteiger partial charge in [0.1, 0.15) is 31.0 Å². The van der Waals surface area contributed by atoms with Crippen molar-refractivity contribution in [3.63, 3.8) is 0 Å². The highest BCUT2D eigenvalue weighted by Gasteiger charge is 2.45. The van der Waals surface area contributed by atoms with Gasteiger partial charge in [0.15, 0.2) is 12.6 Å². The van der Waals surface area contributed by atoms with Crippen LogP contribution in [0.5, 0.6) is 5.75 Å². The lowest BCUT2D eigenvalue weighted by molar-refractivity contribution is -0.282. The molecule has 11 atom stereocenters. The molecule has 80 heavy (non-hydrogen) atoms. The molecule has 1 aromatic rings. The number of benzene rings is 1. The van der Waals surface area contributed by atoms with Crippen molar-refractivity contribution in [2.75, 3.05) is 67.0 Å². The number of phosphoric acid groups is 1. The van der Waals surface area contributed by atoms with Crippen molar-refractivity contribution in [3.05, 3.63) is 29.1 Å². The summed E-state index contributed by atoms with van der Waals surface area (Å²) >= 11 is 0. The number of methoxy groups -OCH3 is 1. The van der Waals surface area contributed by atoms with Gasteiger partial charge in [-0.2, -0.15) is 8.78 Å². The molecule has 21 nitrogen and oxygen atoms in total. The van der Waals surface area contributed by atoms with Crippen LogP contribution in [0, 0.1) is 46.8 Å². The summed E-state index contributed by atoms with van der Waals surface area (Å²) in [7, 11) is -0.898. The van der Waals surface area contributed by atoms with E-state index in [1.165, 1.54) is 13.8 Å². The third-order valence-corrected chi connectivity index (χ3v) is 13.6. The fraction of sp³-hybridized carbons (Fsp3) is 0.811. The van der Waals surface area contributed by atoms with Gasteiger partial charge in [-0.1, -0.05) is 73.1 Å². The Balaban J connectivity index is 0.00000128. The number of unbranched alkanes of at least 4 members (excludes halogenated alkanes) is 10. The number of esters is 3. The van der Waals surface area contributed by atoms with Gasteiger partial charge in [-0.3, -0.25) is 28.2 Å². The van der Waals surface area contributed by atoms with Crippen molar-refractivity contribution in [3.8, 4) is 5.75 Å². The molecule has 2 aliphatic heterocycles. The van der Waals surface area contributed by atoms with Crippen molar-refractivity contribution in [1.82, 2.24) is 5.32 Å². The van der Waals surface area contributed by atoms with Gasteiger partial charge in [0.25, 0.3) is 0 Å². The minimum Gasteiger partial charge on any atom is -0.463 e. The van der Waals surface area contributed by atoms with Crippen LogP contribution < -0.4 is 15.8 Å². The Bertz CT molecular complexity index is 1900. The summed E-state index contributed by atoms with van der Waals surface area (Å²) in [6.07, 6.45) is 6.05. The Morgan fingerprint density at radius 1 is 0.637 bits per heavy atom. The number of nitrogens with one attached hydrogen (secondary N) is 1. The maximum atomic E-state index is 13.6. The molecule has 2 aliphatic rings. The Labute approximate surface area is 468 Å². The first kappa shape index (κ1) is 76.5. The maximum Gasteiger partial charge on any atom is 0.471 e. The molecule has 2 heterocycles. The molecule has 2 fully saturated rings. The first-order valence-electron chi connectivity index (χ1n) is 27.5. The van der Waals surface area contributed by atoms with Gasteiger partial charge in [-0.25, -0.2) is 17.7 Å². The molecular weight excluding hydrogens is 1090 g/mol. The number of amides is 1. The number of carbonyl (C=O) groups excluding carboxylic acids is 4. The minimum atomic E-state index is -3.75. The number of carbonyl (C=O) groups is 4. The van der Waals surface area contributed by atoms with Gasteiger partial charge in [0.05, 0.1) is 19.3 Å². The van der Waals surface area contributed by atoms with E-state index in [1.807, 2.05) is 27.7 Å². The molecular formula is C53H92F5N2O19P. The third-order valence-electron chi connectivity index (χ3n) is 12.6. The maximum absolute atomic E-state index is 13.6. The molecule has 1 aromatic carbocycles. The van der Waals surface area contributed by atoms with E-state index in [4.69, 9.17) is 43.8 Å². The van der Waals surface area contributed by atoms with Crippen molar-refractivity contribution in [1.29, 1.82) is 0 Å². The lowest BCUT2D eigenvalue weighted by Crippen LogP contribution is -2.55. The van der Waals surface area contributed by atoms with E-state index in [1.54, 1.807) is 14.0 Å². The monoisotopic (exact) mass is 1190 g/mol. The zero-order valence-corrected chi connectivity index (χ0v) is 49.0. The molecule has 7 N–H and O–H groups in total. The van der Waals surface area contributed by atoms with Crippen molar-refractivity contribution >= 4 is 31.6 Å². The van der Waals surface area contributed by atoms with Crippen LogP contribution in [0.2, 0.25) is 0 Å². The van der Waals surface area contributed by atoms with E-state index in [0.29, 0.717) is 32.4 Å². The van der Waals surface area contributed by atoms with Gasteiger partial charge in [-0.05, 0) is 57.9 Å². The molecule has 0 aromatic heterocycles. The van der Waals surface area contributed by atoms with Crippen LogP contribution in [0.15, 0.2) is 0 Å². The fourth-order valence-corrected chi connectivity index (χ4v) is 8.26. The van der Waals surface area contributed by atoms with Crippen LogP contribution >= 0.6 is 7.82 Å². The zero-order valence-electron chi connectivity index (χ0n) is 48.1. The van der Waals surface area contributed by atoms with Crippen LogP contribution in [0.4, 0.5) is 22.0 Å². The first-order chi connectivity index (χ1) is 38.0. The number of hydrogen-bond acceptors (Lipinski definition) is 19. The zero-order chi connectivity index (χ0) is 60.8. The Morgan fingerprint density at radius 3 is 1.68 bits per heavy atom. The Hall–Kier alpha value is -3.50. The van der Waals surface area contributed by atoms with Gasteiger partial charge in [0, 0.05) is 85.0 Å². The second-order valence-electron chi connectivity index (χ2n) is 18.9. The number of ether oxygens (including phenoxy) is 8. The number of aliphatic hydroxyl groups is 3. The smallest absolute Gasteiger partial charge is 0.463 e. The SMILES string of the molecule is CC.CC(=O)OCC1O[C@@H](OCCCCCC(=O)Oc2c(F)c(F)c(F)c(F)c2F)C(C)[C@@H](C)[C@H]1OC(C)=O.COCCCCCCNC(=O)CCCCCO[C@@H]1OC(CO)[C@H](O)[C@H](O)C1C.COP(=O)(O)OCCCCCCN. The second kappa shape index (κ2) is 44.1. The number of hydrogen-bond donors (Lipinski definition) is 6. The van der Waals surface area contributed by atoms with Crippen molar-refractivity contribution in [2.24, 2.45) is 23.5 Å². The molecule has 0 bridgehead atoms. The number of phosphoric ester groups is 1. The van der Waals surface area contributed by atoms with Gasteiger partial charge < -0.3 is 69.2 Å². The summed E-state index contributed by atoms with van der Waals surface area (Å²) in [6, 6.07) is 0. The van der Waals surface area contributed by atoms with E-state index in [9.17, 15) is 61.0 Å². The highest BCUT2D eigenvalue weighted by atomic mass is 31.2. The Morgan fingerprint density at radius 2 is 1.14 bits per heavy atom. The highest BCUT2D eigenvalue weighted by molar-refractivity contribution is 7.47. The number of nitrogens with two attached hydrogens (primary N) is 1. The van der Waals surface area contributed by atoms with E-state index in [0.717, 1.165) is 90.9 Å². The third kappa shape index (κ3) is 30.7. The molecule has 468 valence electrons. The van der Waals surface area contributed by atoms with Crippen LogP contribution in [0.1, 0.15) is 151 Å². The number of halogens is 5. The van der Waals surface area contributed by atoms with Crippen molar-refractivity contribution < 1.29 is 113 Å². The molecule has 0 spiro atoms. The lowest BCUT2D eigenvalue weighted by Gasteiger charge is -2.43. The fourth-order valence-electron chi connectivity index (χ4n) is 7.79. The molecule has 3 rings (SSSR count). The molecule has 0 radical (unpaired) electrons. The van der Waals surface area contributed by atoms with E-state index in [-0.39, 0.29) is 62.9 Å². The summed E-state index contributed by atoms with van der Waals surface area (Å²) in [5.41, 5.74) is 5.30. The Kier molecular flexibility index (Phi) is 42.2. The normalized spacial score (nSPS) is 23.1. The van der Waals surface area contributed by atoms with E-state index in [2.05, 4.69) is 19.1 Å². The average Bonchev–Trinajstić information content (AvgIpc) is 3.43. The molecule has 2 saturated heterocycles. The summed E-state index contributed by atoms with van der Waals surface area (Å²) < 4.78 is 129. The molecule has 0 aliphatic carbocycles. The van der Waals surface area contributed by atoms with Crippen LogP contribution in [-0.2, 0) is 65.9 Å². The average molecular weight is 1190 g/mol. The number of aliphatic hydroxyl groups excluding tert-OH is 3. The van der Waals surface area contributed by atoms with E-state index >= 15 is 0 Å². The molecule has 1 amide bonds. The molecule has 27 heteroatoms. The molecule has 5 unspecified atom stereocenters. The van der Waals surface area contributed by atoms with Crippen molar-refractivity contribution in [2.45, 2.75) is 194 Å². The minimum absolute atomic E-state index is 0.0879. The summed E-state index contributed by atoms with van der Waals surface area (Å²) in [4.78, 5) is 55.1. The van der Waals surface area contributed by atoms with Gasteiger partial charge >= 0.3 is 25.7 Å². The van der Waals surface area contributed by atoms with Crippen LogP contribution in [0.25, 0.3) is 0 Å². The van der Waals surface area contributed by atoms with Gasteiger partial charge in [0.2, 0.25) is 40.7 Å². The quantitative estimate of drug-likeness (QED) is 0.00735. The standard InChI is InChI=1S/C24H29F5O8.C20H39NO7.C7H18NO4P.C2H6/c1-11-12(2)24(36-15(10-34-13(3)30)22(11)35-14(4)31)33-9-7-5-6-8-16(32)37-23-20(28)18(26)17(25)19(27)21(23)29;1-15-18(24)19(25)16(14-22)28-20(15)27-13-9-5-6-10-17(23)21-11-7-3-4-8-12-26-2;1-11-13(9,10)12-7-5-3-2-4-6-8;1-2/h11-12,15,22,24H,5-10H2,1-4H3;15-16,18-20,22,24-25H,3-14H2,1-2H3,(H,21,23);2-8H2,1H3,(H,9,10);1-2H3/t11-,12?,15?,22-,24-;15?,16?,18-,19+,20-;;/m11../s1. The summed E-state index contributed by atoms with van der Waals surface area (Å²) in [5, 5.41) is 32.0. The van der Waals surface area contributed by atoms with Crippen LogP contribution in [-0.4, -0.2) is 154 Å². The summed E-state index contributed by atoms with van der Waals surface area (Å²) in [5.74, 6) is -15.7. The van der Waals surface area contributed by atoms with E-state index < -0.39 is 104 Å². The van der Waals surface area contributed by atoms with Crippen LogP contribution in [0.3, 0.4) is 0 Å². The topological polar surface area (TPSA) is 297 Å². The summed E-state index contributed by atoms with van der Waals surface area (Å²) in [6.45, 7) is 14.6. The first-order valence-corrected chi connectivity index (χ1v) is 29.0. The molecule has 0 saturated carbocycles. The second-order valence-corrected chi connectivity index (χ2v) is 20.4. The number of rotatable bonds is 34. The highest BCUT2D eigenvalue weighted by Crippen LogP contribution is 2.42. The predicted octanol–water partition coefficient (Wildman–Crippen LogP) is 7.61.